The van der Waals surface area contributed by atoms with E-state index in [0.717, 1.165) is 36.1 Å². The summed E-state index contributed by atoms with van der Waals surface area (Å²) in [5.41, 5.74) is 3.78. The number of nitrogens with one attached hydrogen (secondary N) is 2. The van der Waals surface area contributed by atoms with Crippen molar-refractivity contribution in [1.29, 1.82) is 0 Å². The summed E-state index contributed by atoms with van der Waals surface area (Å²) >= 11 is 13.4. The van der Waals surface area contributed by atoms with Gasteiger partial charge in [0.1, 0.15) is 5.00 Å². The molecule has 1 heterocycles. The molecule has 0 unspecified atom stereocenters. The number of rotatable bonds is 5. The van der Waals surface area contributed by atoms with Gasteiger partial charge in [-0.2, -0.15) is 5.10 Å². The van der Waals surface area contributed by atoms with Crippen molar-refractivity contribution in [3.8, 4) is 0 Å². The lowest BCUT2D eigenvalue weighted by atomic mass is 9.95. The van der Waals surface area contributed by atoms with Gasteiger partial charge in [0.2, 0.25) is 0 Å². The van der Waals surface area contributed by atoms with E-state index in [1.165, 1.54) is 17.6 Å². The summed E-state index contributed by atoms with van der Waals surface area (Å²) in [5.74, 6) is -2.43. The summed E-state index contributed by atoms with van der Waals surface area (Å²) in [5, 5.41) is 7.28. The Labute approximate surface area is 187 Å². The average molecular weight is 468 g/mol. The Kier molecular flexibility index (Phi) is 7.47. The number of thiophene rings is 1. The van der Waals surface area contributed by atoms with E-state index in [4.69, 9.17) is 27.9 Å². The number of hydrazone groups is 1. The van der Waals surface area contributed by atoms with Crippen LogP contribution in [0.25, 0.3) is 0 Å². The molecule has 1 aliphatic carbocycles. The maximum atomic E-state index is 12.4. The van der Waals surface area contributed by atoms with Crippen molar-refractivity contribution >= 4 is 63.5 Å². The number of nitrogens with zero attached hydrogens (tertiary/aromatic N) is 1. The lowest BCUT2D eigenvalue weighted by Crippen LogP contribution is -2.32. The van der Waals surface area contributed by atoms with Gasteiger partial charge < -0.3 is 10.1 Å². The van der Waals surface area contributed by atoms with Crippen LogP contribution in [0.2, 0.25) is 10.0 Å². The molecule has 0 atom stereocenters. The second kappa shape index (κ2) is 10.1. The molecular weight excluding hydrogens is 449 g/mol. The minimum Gasteiger partial charge on any atom is -0.462 e. The number of hydrogen-bond donors (Lipinski definition) is 2. The van der Waals surface area contributed by atoms with Crippen molar-refractivity contribution in [2.75, 3.05) is 11.9 Å². The number of carbonyl (C=O) groups is 3. The molecule has 7 nitrogen and oxygen atoms in total. The SMILES string of the molecule is CCOC(=O)c1c(NC(=O)C(=O)NN=Cc2c(Cl)cccc2Cl)sc2c1CCCC2. The van der Waals surface area contributed by atoms with Gasteiger partial charge in [-0.1, -0.05) is 29.3 Å². The van der Waals surface area contributed by atoms with Crippen LogP contribution in [0.3, 0.4) is 0 Å². The van der Waals surface area contributed by atoms with Crippen LogP contribution in [-0.4, -0.2) is 30.6 Å². The Bertz CT molecular complexity index is 999. The third kappa shape index (κ3) is 5.00. The van der Waals surface area contributed by atoms with Crippen LogP contribution >= 0.6 is 34.5 Å². The van der Waals surface area contributed by atoms with Gasteiger partial charge >= 0.3 is 17.8 Å². The topological polar surface area (TPSA) is 96.9 Å². The molecule has 0 radical (unpaired) electrons. The van der Waals surface area contributed by atoms with Crippen LogP contribution in [0.4, 0.5) is 5.00 Å². The Hall–Kier alpha value is -2.42. The lowest BCUT2D eigenvalue weighted by molar-refractivity contribution is -0.136. The monoisotopic (exact) mass is 467 g/mol. The smallest absolute Gasteiger partial charge is 0.341 e. The van der Waals surface area contributed by atoms with Crippen molar-refractivity contribution in [1.82, 2.24) is 5.43 Å². The van der Waals surface area contributed by atoms with E-state index in [1.54, 1.807) is 25.1 Å². The van der Waals surface area contributed by atoms with E-state index in [0.29, 0.717) is 26.2 Å². The lowest BCUT2D eigenvalue weighted by Gasteiger charge is -2.12. The van der Waals surface area contributed by atoms with Gasteiger partial charge in [0.15, 0.2) is 0 Å². The van der Waals surface area contributed by atoms with Crippen molar-refractivity contribution in [3.05, 3.63) is 49.8 Å². The number of fused-ring (bicyclic) bond motifs is 1. The van der Waals surface area contributed by atoms with Crippen molar-refractivity contribution in [2.24, 2.45) is 5.10 Å². The zero-order valence-corrected chi connectivity index (χ0v) is 18.4. The van der Waals surface area contributed by atoms with Gasteiger partial charge in [-0.15, -0.1) is 11.3 Å². The summed E-state index contributed by atoms with van der Waals surface area (Å²) in [7, 11) is 0. The second-order valence-corrected chi connectivity index (χ2v) is 8.34. The summed E-state index contributed by atoms with van der Waals surface area (Å²) in [6.07, 6.45) is 4.80. The highest BCUT2D eigenvalue weighted by Crippen LogP contribution is 2.38. The normalized spacial score (nSPS) is 13.0. The maximum Gasteiger partial charge on any atom is 0.341 e. The van der Waals surface area contributed by atoms with Crippen LogP contribution < -0.4 is 10.7 Å². The molecule has 2 amide bonds. The van der Waals surface area contributed by atoms with Gasteiger partial charge in [0.05, 0.1) is 28.4 Å². The number of halogens is 2. The molecule has 0 saturated heterocycles. The second-order valence-electron chi connectivity index (χ2n) is 6.42. The van der Waals surface area contributed by atoms with E-state index in [-0.39, 0.29) is 6.61 Å². The summed E-state index contributed by atoms with van der Waals surface area (Å²) in [6.45, 7) is 1.93. The Morgan fingerprint density at radius 3 is 2.57 bits per heavy atom. The van der Waals surface area contributed by atoms with Crippen LogP contribution in [0.15, 0.2) is 23.3 Å². The number of benzene rings is 1. The van der Waals surface area contributed by atoms with Crippen LogP contribution in [-0.2, 0) is 27.2 Å². The molecular formula is C20H19Cl2N3O4S. The van der Waals surface area contributed by atoms with Crippen LogP contribution in [0.5, 0.6) is 0 Å². The van der Waals surface area contributed by atoms with E-state index >= 15 is 0 Å². The van der Waals surface area contributed by atoms with Crippen LogP contribution in [0.1, 0.15) is 46.1 Å². The van der Waals surface area contributed by atoms with Crippen molar-refractivity contribution in [2.45, 2.75) is 32.6 Å². The molecule has 1 aromatic heterocycles. The molecule has 3 rings (SSSR count). The van der Waals surface area contributed by atoms with E-state index < -0.39 is 17.8 Å². The minimum atomic E-state index is -0.990. The van der Waals surface area contributed by atoms with Gasteiger partial charge in [-0.3, -0.25) is 9.59 Å². The quantitative estimate of drug-likeness (QED) is 0.298. The predicted molar refractivity (Wildman–Crippen MR) is 118 cm³/mol. The Morgan fingerprint density at radius 2 is 1.87 bits per heavy atom. The highest BCUT2D eigenvalue weighted by molar-refractivity contribution is 7.17. The predicted octanol–water partition coefficient (Wildman–Crippen LogP) is 4.20. The number of ether oxygens (including phenoxy) is 1. The number of anilines is 1. The Balaban J connectivity index is 1.72. The van der Waals surface area contributed by atoms with E-state index in [9.17, 15) is 14.4 Å². The first-order chi connectivity index (χ1) is 14.4. The molecule has 0 aliphatic heterocycles. The van der Waals surface area contributed by atoms with Gasteiger partial charge in [0, 0.05) is 10.4 Å². The number of amides is 2. The molecule has 0 saturated carbocycles. The first-order valence-corrected chi connectivity index (χ1v) is 10.9. The molecule has 158 valence electrons. The van der Waals surface area contributed by atoms with E-state index in [1.807, 2.05) is 0 Å². The van der Waals surface area contributed by atoms with Gasteiger partial charge in [-0.05, 0) is 50.3 Å². The van der Waals surface area contributed by atoms with Gasteiger partial charge in [-0.25, -0.2) is 10.2 Å². The first kappa shape index (κ1) is 22.3. The largest absolute Gasteiger partial charge is 0.462 e. The molecule has 0 spiro atoms. The summed E-state index contributed by atoms with van der Waals surface area (Å²) in [4.78, 5) is 37.9. The number of hydrogen-bond acceptors (Lipinski definition) is 6. The molecule has 2 N–H and O–H groups in total. The third-order valence-corrected chi connectivity index (χ3v) is 6.31. The standard InChI is InChI=1S/C20H19Cl2N3O4S/c1-2-29-20(28)16-11-6-3-4-9-15(11)30-19(16)24-17(26)18(27)25-23-10-12-13(21)7-5-8-14(12)22/h5,7-8,10H,2-4,6,9H2,1H3,(H,24,26)(H,25,27). The highest BCUT2D eigenvalue weighted by atomic mass is 35.5. The number of aryl methyl sites for hydroxylation is 1. The average Bonchev–Trinajstić information content (AvgIpc) is 3.08. The Morgan fingerprint density at radius 1 is 1.17 bits per heavy atom. The van der Waals surface area contributed by atoms with Crippen LogP contribution in [0, 0.1) is 0 Å². The molecule has 1 aromatic carbocycles. The molecule has 10 heteroatoms. The molecule has 1 aliphatic rings. The van der Waals surface area contributed by atoms with Crippen molar-refractivity contribution < 1.29 is 19.1 Å². The minimum absolute atomic E-state index is 0.219. The van der Waals surface area contributed by atoms with E-state index in [2.05, 4.69) is 15.8 Å². The molecule has 2 aromatic rings. The first-order valence-electron chi connectivity index (χ1n) is 9.32. The fourth-order valence-electron chi connectivity index (χ4n) is 3.07. The van der Waals surface area contributed by atoms with Gasteiger partial charge in [0.25, 0.3) is 0 Å². The maximum absolute atomic E-state index is 12.4. The fraction of sp³-hybridized carbons (Fsp3) is 0.300. The van der Waals surface area contributed by atoms with Crippen molar-refractivity contribution in [3.63, 3.8) is 0 Å². The number of carbonyl (C=O) groups excluding carboxylic acids is 3. The third-order valence-electron chi connectivity index (χ3n) is 4.44. The number of esters is 1. The zero-order valence-electron chi connectivity index (χ0n) is 16.1. The molecule has 30 heavy (non-hydrogen) atoms. The zero-order chi connectivity index (χ0) is 21.7. The summed E-state index contributed by atoms with van der Waals surface area (Å²) < 4.78 is 5.14. The molecule has 0 bridgehead atoms. The fourth-order valence-corrected chi connectivity index (χ4v) is 4.84. The molecule has 0 fully saturated rings. The highest BCUT2D eigenvalue weighted by Gasteiger charge is 2.28. The summed E-state index contributed by atoms with van der Waals surface area (Å²) in [6, 6.07) is 4.92.